The molecular weight excluding hydrogens is 314 g/mol. The molecule has 4 rings (SSSR count). The van der Waals surface area contributed by atoms with Crippen LogP contribution >= 0.6 is 0 Å². The lowest BCUT2D eigenvalue weighted by Gasteiger charge is -2.38. The molecular formula is C20H25N3O2. The third-order valence-corrected chi connectivity index (χ3v) is 5.34. The van der Waals surface area contributed by atoms with Crippen LogP contribution in [0.2, 0.25) is 0 Å². The van der Waals surface area contributed by atoms with Crippen LogP contribution < -0.4 is 4.74 Å². The SMILES string of the molecule is CCc1cccc(OC2CN(C(=O)c3n[nH]c4c3C[C@H](C)CC4)C2)c1. The van der Waals surface area contributed by atoms with Crippen molar-refractivity contribution in [1.82, 2.24) is 15.1 Å². The number of rotatable bonds is 4. The highest BCUT2D eigenvalue weighted by molar-refractivity contribution is 5.94. The minimum Gasteiger partial charge on any atom is -0.487 e. The zero-order chi connectivity index (χ0) is 17.4. The number of hydrogen-bond acceptors (Lipinski definition) is 3. The highest BCUT2D eigenvalue weighted by Gasteiger charge is 2.36. The second-order valence-electron chi connectivity index (χ2n) is 7.33. The van der Waals surface area contributed by atoms with E-state index in [9.17, 15) is 4.79 Å². The number of carbonyl (C=O) groups excluding carboxylic acids is 1. The van der Waals surface area contributed by atoms with E-state index in [1.165, 1.54) is 12.0 Å². The Kier molecular flexibility index (Phi) is 4.24. The fourth-order valence-electron chi connectivity index (χ4n) is 3.71. The molecule has 1 aliphatic carbocycles. The number of H-pyrrole nitrogens is 1. The first kappa shape index (κ1) is 16.2. The van der Waals surface area contributed by atoms with Crippen LogP contribution in [0.3, 0.4) is 0 Å². The van der Waals surface area contributed by atoms with Gasteiger partial charge in [0.05, 0.1) is 13.1 Å². The average molecular weight is 339 g/mol. The van der Waals surface area contributed by atoms with Crippen LogP contribution in [0.4, 0.5) is 0 Å². The first-order chi connectivity index (χ1) is 12.1. The molecule has 2 heterocycles. The van der Waals surface area contributed by atoms with Gasteiger partial charge >= 0.3 is 0 Å². The van der Waals surface area contributed by atoms with Crippen LogP contribution in [0, 0.1) is 5.92 Å². The summed E-state index contributed by atoms with van der Waals surface area (Å²) in [6.45, 7) is 5.63. The van der Waals surface area contributed by atoms with Crippen molar-refractivity contribution in [1.29, 1.82) is 0 Å². The summed E-state index contributed by atoms with van der Waals surface area (Å²) in [7, 11) is 0. The molecule has 0 saturated carbocycles. The topological polar surface area (TPSA) is 58.2 Å². The highest BCUT2D eigenvalue weighted by Crippen LogP contribution is 2.28. The molecule has 1 saturated heterocycles. The van der Waals surface area contributed by atoms with Crippen LogP contribution in [-0.2, 0) is 19.3 Å². The number of benzene rings is 1. The lowest BCUT2D eigenvalue weighted by molar-refractivity contribution is 0.0172. The van der Waals surface area contributed by atoms with Gasteiger partial charge in [-0.3, -0.25) is 9.89 Å². The maximum Gasteiger partial charge on any atom is 0.274 e. The minimum absolute atomic E-state index is 0.0359. The summed E-state index contributed by atoms with van der Waals surface area (Å²) in [5, 5.41) is 7.38. The molecule has 5 heteroatoms. The van der Waals surface area contributed by atoms with Crippen LogP contribution in [0.25, 0.3) is 0 Å². The van der Waals surface area contributed by atoms with Gasteiger partial charge in [-0.2, -0.15) is 5.10 Å². The van der Waals surface area contributed by atoms with Gasteiger partial charge in [0.15, 0.2) is 5.69 Å². The van der Waals surface area contributed by atoms with E-state index in [1.54, 1.807) is 0 Å². The molecule has 1 fully saturated rings. The second-order valence-corrected chi connectivity index (χ2v) is 7.33. The van der Waals surface area contributed by atoms with Crippen molar-refractivity contribution in [3.63, 3.8) is 0 Å². The number of nitrogens with one attached hydrogen (secondary N) is 1. The number of amides is 1. The number of fused-ring (bicyclic) bond motifs is 1. The Morgan fingerprint density at radius 1 is 1.40 bits per heavy atom. The molecule has 0 bridgehead atoms. The molecule has 1 aromatic carbocycles. The van der Waals surface area contributed by atoms with Gasteiger partial charge in [-0.1, -0.05) is 26.0 Å². The number of ether oxygens (including phenoxy) is 1. The number of likely N-dealkylation sites (tertiary alicyclic amines) is 1. The Bertz CT molecular complexity index is 777. The van der Waals surface area contributed by atoms with Crippen LogP contribution in [0.1, 0.15) is 47.6 Å². The van der Waals surface area contributed by atoms with E-state index in [-0.39, 0.29) is 12.0 Å². The third-order valence-electron chi connectivity index (χ3n) is 5.34. The van der Waals surface area contributed by atoms with Gasteiger partial charge < -0.3 is 9.64 Å². The Labute approximate surface area is 148 Å². The second kappa shape index (κ2) is 6.54. The fraction of sp³-hybridized carbons (Fsp3) is 0.500. The largest absolute Gasteiger partial charge is 0.487 e. The van der Waals surface area contributed by atoms with Crippen molar-refractivity contribution >= 4 is 5.91 Å². The summed E-state index contributed by atoms with van der Waals surface area (Å²) in [6.07, 6.45) is 4.18. The van der Waals surface area contributed by atoms with Crippen molar-refractivity contribution in [2.75, 3.05) is 13.1 Å². The minimum atomic E-state index is 0.0359. The smallest absolute Gasteiger partial charge is 0.274 e. The molecule has 0 unspecified atom stereocenters. The maximum absolute atomic E-state index is 12.8. The van der Waals surface area contributed by atoms with Crippen molar-refractivity contribution in [3.8, 4) is 5.75 Å². The number of aryl methyl sites for hydroxylation is 2. The van der Waals surface area contributed by atoms with Crippen LogP contribution in [-0.4, -0.2) is 40.2 Å². The number of nitrogens with zero attached hydrogens (tertiary/aromatic N) is 2. The van der Waals surface area contributed by atoms with E-state index in [0.717, 1.165) is 36.3 Å². The average Bonchev–Trinajstić information content (AvgIpc) is 3.00. The van der Waals surface area contributed by atoms with Gasteiger partial charge in [-0.05, 0) is 49.3 Å². The van der Waals surface area contributed by atoms with E-state index in [0.29, 0.717) is 24.7 Å². The first-order valence-electron chi connectivity index (χ1n) is 9.25. The lowest BCUT2D eigenvalue weighted by Crippen LogP contribution is -2.56. The summed E-state index contributed by atoms with van der Waals surface area (Å²) in [6, 6.07) is 8.18. The predicted octanol–water partition coefficient (Wildman–Crippen LogP) is 3.00. The number of hydrogen-bond donors (Lipinski definition) is 1. The van der Waals surface area contributed by atoms with Gasteiger partial charge in [-0.25, -0.2) is 0 Å². The van der Waals surface area contributed by atoms with Gasteiger partial charge in [0.1, 0.15) is 11.9 Å². The number of carbonyl (C=O) groups is 1. The molecule has 1 N–H and O–H groups in total. The Morgan fingerprint density at radius 3 is 3.04 bits per heavy atom. The van der Waals surface area contributed by atoms with Crippen LogP contribution in [0.5, 0.6) is 5.75 Å². The van der Waals surface area contributed by atoms with E-state index in [4.69, 9.17) is 4.74 Å². The van der Waals surface area contributed by atoms with Gasteiger partial charge in [0.2, 0.25) is 0 Å². The molecule has 2 aliphatic rings. The van der Waals surface area contributed by atoms with Crippen molar-refractivity contribution in [2.45, 2.75) is 45.6 Å². The normalized spacial score (nSPS) is 20.1. The summed E-state index contributed by atoms with van der Waals surface area (Å²) in [5.41, 5.74) is 4.16. The highest BCUT2D eigenvalue weighted by atomic mass is 16.5. The Balaban J connectivity index is 1.37. The molecule has 5 nitrogen and oxygen atoms in total. The van der Waals surface area contributed by atoms with Crippen molar-refractivity contribution < 1.29 is 9.53 Å². The lowest BCUT2D eigenvalue weighted by atomic mass is 9.87. The molecule has 1 amide bonds. The molecule has 1 atom stereocenters. The summed E-state index contributed by atoms with van der Waals surface area (Å²) >= 11 is 0. The molecule has 0 radical (unpaired) electrons. The van der Waals surface area contributed by atoms with E-state index < -0.39 is 0 Å². The van der Waals surface area contributed by atoms with Gasteiger partial charge in [0.25, 0.3) is 5.91 Å². The van der Waals surface area contributed by atoms with Crippen molar-refractivity contribution in [3.05, 3.63) is 46.8 Å². The van der Waals surface area contributed by atoms with Crippen molar-refractivity contribution in [2.24, 2.45) is 5.92 Å². The van der Waals surface area contributed by atoms with Gasteiger partial charge in [-0.15, -0.1) is 0 Å². The molecule has 25 heavy (non-hydrogen) atoms. The zero-order valence-electron chi connectivity index (χ0n) is 14.9. The molecule has 0 spiro atoms. The summed E-state index contributed by atoms with van der Waals surface area (Å²) in [4.78, 5) is 14.6. The first-order valence-corrected chi connectivity index (χ1v) is 9.25. The van der Waals surface area contributed by atoms with Gasteiger partial charge in [0, 0.05) is 11.3 Å². The quantitative estimate of drug-likeness (QED) is 0.931. The number of aromatic nitrogens is 2. The number of aromatic amines is 1. The van der Waals surface area contributed by atoms with Crippen LogP contribution in [0.15, 0.2) is 24.3 Å². The molecule has 2 aromatic rings. The fourth-order valence-corrected chi connectivity index (χ4v) is 3.71. The molecule has 132 valence electrons. The summed E-state index contributed by atoms with van der Waals surface area (Å²) < 4.78 is 6.00. The van der Waals surface area contributed by atoms with E-state index in [1.807, 2.05) is 17.0 Å². The standard InChI is InChI=1S/C20H25N3O2/c1-3-14-5-4-6-15(10-14)25-16-11-23(12-16)20(24)19-17-9-13(2)7-8-18(17)21-22-19/h4-6,10,13,16H,3,7-9,11-12H2,1-2H3,(H,21,22)/t13-/m1/s1. The molecule has 1 aliphatic heterocycles. The third kappa shape index (κ3) is 3.15. The Morgan fingerprint density at radius 2 is 2.24 bits per heavy atom. The monoisotopic (exact) mass is 339 g/mol. The van der Waals surface area contributed by atoms with E-state index >= 15 is 0 Å². The maximum atomic E-state index is 12.8. The zero-order valence-corrected chi connectivity index (χ0v) is 14.9. The van der Waals surface area contributed by atoms with E-state index in [2.05, 4.69) is 36.2 Å². The predicted molar refractivity (Wildman–Crippen MR) is 95.9 cm³/mol. The molecule has 1 aromatic heterocycles. The summed E-state index contributed by atoms with van der Waals surface area (Å²) in [5.74, 6) is 1.55. The Hall–Kier alpha value is -2.30.